The number of amides is 2. The predicted molar refractivity (Wildman–Crippen MR) is 194 cm³/mol. The van der Waals surface area contributed by atoms with Gasteiger partial charge in [0.05, 0.1) is 32.4 Å². The molecule has 0 saturated heterocycles. The molecule has 48 heavy (non-hydrogen) atoms. The van der Waals surface area contributed by atoms with E-state index in [1.54, 1.807) is 32.4 Å². The summed E-state index contributed by atoms with van der Waals surface area (Å²) in [4.78, 5) is 27.4. The van der Waals surface area contributed by atoms with Crippen LogP contribution in [0.1, 0.15) is 63.3 Å². The van der Waals surface area contributed by atoms with Crippen LogP contribution in [0.2, 0.25) is 0 Å². The van der Waals surface area contributed by atoms with E-state index in [0.717, 1.165) is 22.4 Å². The molecule has 4 aromatic carbocycles. The minimum atomic E-state index is -0.904. The Bertz CT molecular complexity index is 1640. The van der Waals surface area contributed by atoms with Gasteiger partial charge in [0.2, 0.25) is 0 Å². The average Bonchev–Trinajstić information content (AvgIpc) is 3.13. The van der Waals surface area contributed by atoms with Crippen molar-refractivity contribution in [2.24, 2.45) is 0 Å². The van der Waals surface area contributed by atoms with Gasteiger partial charge in [-0.3, -0.25) is 9.59 Å². The fourth-order valence-corrected chi connectivity index (χ4v) is 5.60. The molecule has 4 atom stereocenters. The highest BCUT2D eigenvalue weighted by atomic mass is 32.2. The van der Waals surface area contributed by atoms with E-state index in [4.69, 9.17) is 9.47 Å². The van der Waals surface area contributed by atoms with E-state index in [0.29, 0.717) is 29.0 Å². The van der Waals surface area contributed by atoms with Crippen LogP contribution >= 0.6 is 11.9 Å². The van der Waals surface area contributed by atoms with Gasteiger partial charge in [-0.1, -0.05) is 66.5 Å². The van der Waals surface area contributed by atoms with Crippen LogP contribution in [0.5, 0.6) is 11.5 Å². The molecule has 0 aromatic heterocycles. The number of hydrogen-bond acceptors (Lipinski definition) is 8. The lowest BCUT2D eigenvalue weighted by Crippen LogP contribution is -2.49. The third-order valence-corrected chi connectivity index (χ3v) is 9.11. The van der Waals surface area contributed by atoms with Crippen LogP contribution in [-0.4, -0.2) is 63.1 Å². The van der Waals surface area contributed by atoms with E-state index in [9.17, 15) is 14.7 Å². The van der Waals surface area contributed by atoms with Crippen LogP contribution in [0, 0.1) is 0 Å². The molecule has 4 aromatic rings. The second-order valence-electron chi connectivity index (χ2n) is 11.7. The first-order valence-corrected chi connectivity index (χ1v) is 17.1. The van der Waals surface area contributed by atoms with Crippen molar-refractivity contribution in [1.82, 2.24) is 16.0 Å². The summed E-state index contributed by atoms with van der Waals surface area (Å²) in [5.74, 6) is 0.781. The molecule has 0 saturated carbocycles. The van der Waals surface area contributed by atoms with Crippen LogP contribution in [0.15, 0.2) is 97.1 Å². The van der Waals surface area contributed by atoms with Crippen molar-refractivity contribution >= 4 is 29.4 Å². The summed E-state index contributed by atoms with van der Waals surface area (Å²) in [6, 6.07) is 29.2. The van der Waals surface area contributed by atoms with Gasteiger partial charge >= 0.3 is 0 Å². The second-order valence-corrected chi connectivity index (χ2v) is 12.6. The first-order valence-electron chi connectivity index (χ1n) is 15.9. The summed E-state index contributed by atoms with van der Waals surface area (Å²) < 4.78 is 12.5. The molecule has 254 valence electrons. The zero-order valence-corrected chi connectivity index (χ0v) is 29.2. The Hall–Kier alpha value is -4.51. The molecule has 0 aliphatic carbocycles. The van der Waals surface area contributed by atoms with Gasteiger partial charge in [0.15, 0.2) is 0 Å². The van der Waals surface area contributed by atoms with E-state index >= 15 is 0 Å². The van der Waals surface area contributed by atoms with Gasteiger partial charge in [0.25, 0.3) is 11.8 Å². The van der Waals surface area contributed by atoms with Crippen LogP contribution in [0.3, 0.4) is 0 Å². The monoisotopic (exact) mass is 670 g/mol. The Labute approximate surface area is 288 Å². The summed E-state index contributed by atoms with van der Waals surface area (Å²) in [6.07, 6.45) is 1.43. The molecule has 0 radical (unpaired) electrons. The summed E-state index contributed by atoms with van der Waals surface area (Å²) in [6.45, 7) is 4.17. The van der Waals surface area contributed by atoms with Gasteiger partial charge in [-0.15, -0.1) is 0 Å². The van der Waals surface area contributed by atoms with Crippen molar-refractivity contribution < 1.29 is 24.2 Å². The van der Waals surface area contributed by atoms with Crippen LogP contribution in [0.4, 0.5) is 5.69 Å². The van der Waals surface area contributed by atoms with E-state index < -0.39 is 12.1 Å². The standard InChI is InChI=1S/C38H46N4O5S/c1-25(28-15-17-33(46-4)18-16-28)39-24-36(43)35(19-27-11-8-7-9-12-27)41-38(45)31-20-30(21-32(22-31)42(3)48-6)37(44)40-26(2)29-13-10-14-34(23-29)47-5/h7-18,20-23,25-26,35-36,39,43H,19,24H2,1-6H3,(H,40,44)(H,41,45)/t25?,26-,35+,36-/m1/s1. The first-order chi connectivity index (χ1) is 23.1. The number of carbonyl (C=O) groups is 2. The predicted octanol–water partition coefficient (Wildman–Crippen LogP) is 5.96. The molecule has 0 bridgehead atoms. The maximum atomic E-state index is 13.9. The number of methoxy groups -OCH3 is 2. The van der Waals surface area contributed by atoms with Gasteiger partial charge < -0.3 is 34.8 Å². The van der Waals surface area contributed by atoms with Gasteiger partial charge in [0, 0.05) is 42.7 Å². The lowest BCUT2D eigenvalue weighted by molar-refractivity contribution is 0.0826. The Morgan fingerprint density at radius 3 is 2.04 bits per heavy atom. The Balaban J connectivity index is 1.54. The number of nitrogens with one attached hydrogen (secondary N) is 3. The molecule has 1 unspecified atom stereocenters. The van der Waals surface area contributed by atoms with Crippen molar-refractivity contribution in [1.29, 1.82) is 0 Å². The molecule has 9 nitrogen and oxygen atoms in total. The number of anilines is 1. The average molecular weight is 671 g/mol. The lowest BCUT2D eigenvalue weighted by Gasteiger charge is -2.27. The van der Waals surface area contributed by atoms with E-state index in [1.165, 1.54) is 11.9 Å². The maximum Gasteiger partial charge on any atom is 0.251 e. The number of nitrogens with zero attached hydrogens (tertiary/aromatic N) is 1. The second kappa shape index (κ2) is 17.6. The van der Waals surface area contributed by atoms with Gasteiger partial charge in [0.1, 0.15) is 11.5 Å². The van der Waals surface area contributed by atoms with Crippen molar-refractivity contribution in [2.45, 2.75) is 44.5 Å². The summed E-state index contributed by atoms with van der Waals surface area (Å²) in [5, 5.41) is 20.9. The quantitative estimate of drug-likeness (QED) is 0.108. The lowest BCUT2D eigenvalue weighted by atomic mass is 9.99. The number of benzene rings is 4. The number of ether oxygens (including phenoxy) is 2. The molecule has 4 rings (SSSR count). The van der Waals surface area contributed by atoms with Crippen LogP contribution in [0.25, 0.3) is 0 Å². The van der Waals surface area contributed by atoms with Crippen LogP contribution in [-0.2, 0) is 6.42 Å². The normalized spacial score (nSPS) is 13.5. The SMILES string of the molecule is COc1ccc(C(C)NC[C@@H](O)[C@H](Cc2ccccc2)NC(=O)c2cc(C(=O)N[C@H](C)c3cccc(OC)c3)cc(N(C)SC)c2)cc1. The molecule has 2 amide bonds. The van der Waals surface area contributed by atoms with E-state index in [-0.39, 0.29) is 30.4 Å². The zero-order valence-electron chi connectivity index (χ0n) is 28.4. The summed E-state index contributed by atoms with van der Waals surface area (Å²) >= 11 is 1.46. The molecule has 0 aliphatic rings. The van der Waals surface area contributed by atoms with Crippen LogP contribution < -0.4 is 29.7 Å². The minimum absolute atomic E-state index is 0.0437. The topological polar surface area (TPSA) is 112 Å². The largest absolute Gasteiger partial charge is 0.497 e. The highest BCUT2D eigenvalue weighted by Crippen LogP contribution is 2.25. The molecule has 10 heteroatoms. The molecular formula is C38H46N4O5S. The zero-order chi connectivity index (χ0) is 34.6. The number of rotatable bonds is 16. The first kappa shape index (κ1) is 36.3. The molecule has 0 heterocycles. The highest BCUT2D eigenvalue weighted by Gasteiger charge is 2.25. The van der Waals surface area contributed by atoms with Crippen molar-refractivity contribution in [3.05, 3.63) is 125 Å². The molecule has 4 N–H and O–H groups in total. The highest BCUT2D eigenvalue weighted by molar-refractivity contribution is 7.99. The van der Waals surface area contributed by atoms with Crippen molar-refractivity contribution in [3.8, 4) is 11.5 Å². The van der Waals surface area contributed by atoms with Gasteiger partial charge in [-0.05, 0) is 79.4 Å². The van der Waals surface area contributed by atoms with Gasteiger partial charge in [-0.2, -0.15) is 0 Å². The number of aliphatic hydroxyl groups excluding tert-OH is 1. The molecule has 0 aliphatic heterocycles. The Morgan fingerprint density at radius 1 is 0.771 bits per heavy atom. The Kier molecular flexibility index (Phi) is 13.3. The number of aliphatic hydroxyl groups is 1. The fourth-order valence-electron chi connectivity index (χ4n) is 5.29. The van der Waals surface area contributed by atoms with E-state index in [2.05, 4.69) is 16.0 Å². The third kappa shape index (κ3) is 10.00. The molecular weight excluding hydrogens is 625 g/mol. The van der Waals surface area contributed by atoms with Gasteiger partial charge in [-0.25, -0.2) is 0 Å². The number of carbonyl (C=O) groups excluding carboxylic acids is 2. The maximum absolute atomic E-state index is 13.9. The summed E-state index contributed by atoms with van der Waals surface area (Å²) in [5.41, 5.74) is 4.29. The fraction of sp³-hybridized carbons (Fsp3) is 0.316. The van der Waals surface area contributed by atoms with Crippen molar-refractivity contribution in [2.75, 3.05) is 38.4 Å². The molecule has 0 fully saturated rings. The minimum Gasteiger partial charge on any atom is -0.497 e. The van der Waals surface area contributed by atoms with Crippen molar-refractivity contribution in [3.63, 3.8) is 0 Å². The third-order valence-electron chi connectivity index (χ3n) is 8.35. The number of hydrogen-bond donors (Lipinski definition) is 4. The summed E-state index contributed by atoms with van der Waals surface area (Å²) in [7, 11) is 5.11. The smallest absolute Gasteiger partial charge is 0.251 e. The van der Waals surface area contributed by atoms with E-state index in [1.807, 2.05) is 110 Å². The Morgan fingerprint density at radius 2 is 1.42 bits per heavy atom. The molecule has 0 spiro atoms.